The summed E-state index contributed by atoms with van der Waals surface area (Å²) in [7, 11) is 1.34. The first kappa shape index (κ1) is 13.5. The van der Waals surface area contributed by atoms with Crippen LogP contribution in [0.4, 0.5) is 0 Å². The number of carbonyl (C=O) groups is 2. The Balaban J connectivity index is 2.27. The molecular formula is C14H18N2O3. The number of esters is 1. The average Bonchev–Trinajstić information content (AvgIpc) is 3.22. The second-order valence-corrected chi connectivity index (χ2v) is 4.78. The molecule has 5 nitrogen and oxygen atoms in total. The van der Waals surface area contributed by atoms with Crippen molar-refractivity contribution in [1.82, 2.24) is 9.88 Å². The Bertz CT molecular complexity index is 497. The van der Waals surface area contributed by atoms with Crippen molar-refractivity contribution in [3.63, 3.8) is 0 Å². The molecule has 19 heavy (non-hydrogen) atoms. The lowest BCUT2D eigenvalue weighted by Gasteiger charge is -2.27. The number of pyridine rings is 1. The lowest BCUT2D eigenvalue weighted by atomic mass is 10.1. The number of aromatic nitrogens is 1. The van der Waals surface area contributed by atoms with Gasteiger partial charge in [0.2, 0.25) is 0 Å². The van der Waals surface area contributed by atoms with Crippen molar-refractivity contribution < 1.29 is 14.3 Å². The third-order valence-electron chi connectivity index (χ3n) is 3.37. The molecule has 0 aliphatic heterocycles. The van der Waals surface area contributed by atoms with E-state index in [1.54, 1.807) is 37.1 Å². The van der Waals surface area contributed by atoms with Gasteiger partial charge in [0.05, 0.1) is 12.7 Å². The predicted molar refractivity (Wildman–Crippen MR) is 69.6 cm³/mol. The molecule has 1 aromatic rings. The third kappa shape index (κ3) is 2.75. The molecule has 1 saturated carbocycles. The molecule has 0 saturated heterocycles. The zero-order valence-electron chi connectivity index (χ0n) is 11.4. The van der Waals surface area contributed by atoms with Crippen LogP contribution in [0.5, 0.6) is 0 Å². The Hall–Kier alpha value is -1.91. The largest absolute Gasteiger partial charge is 0.467 e. The van der Waals surface area contributed by atoms with Crippen LogP contribution in [0.2, 0.25) is 0 Å². The monoisotopic (exact) mass is 262 g/mol. The fourth-order valence-corrected chi connectivity index (χ4v) is 2.14. The molecule has 5 heteroatoms. The van der Waals surface area contributed by atoms with Crippen LogP contribution in [0.25, 0.3) is 0 Å². The highest BCUT2D eigenvalue weighted by Gasteiger charge is 2.39. The van der Waals surface area contributed by atoms with E-state index in [0.717, 1.165) is 12.8 Å². The molecule has 0 bridgehead atoms. The van der Waals surface area contributed by atoms with Crippen LogP contribution in [0.1, 0.15) is 35.8 Å². The molecular weight excluding hydrogens is 244 g/mol. The summed E-state index contributed by atoms with van der Waals surface area (Å²) in [6.45, 7) is 3.49. The maximum absolute atomic E-state index is 12.6. The van der Waals surface area contributed by atoms with Gasteiger partial charge in [0.1, 0.15) is 6.04 Å². The van der Waals surface area contributed by atoms with Gasteiger partial charge in [-0.05, 0) is 38.8 Å². The first-order valence-electron chi connectivity index (χ1n) is 6.38. The molecule has 0 N–H and O–H groups in total. The molecule has 1 amide bonds. The highest BCUT2D eigenvalue weighted by atomic mass is 16.5. The van der Waals surface area contributed by atoms with Crippen LogP contribution in [0.3, 0.4) is 0 Å². The van der Waals surface area contributed by atoms with E-state index in [1.807, 2.05) is 0 Å². The molecule has 0 radical (unpaired) electrons. The summed E-state index contributed by atoms with van der Waals surface area (Å²) in [6.07, 6.45) is 3.52. The van der Waals surface area contributed by atoms with Crippen LogP contribution < -0.4 is 0 Å². The van der Waals surface area contributed by atoms with Gasteiger partial charge in [-0.1, -0.05) is 0 Å². The maximum atomic E-state index is 12.6. The van der Waals surface area contributed by atoms with Crippen molar-refractivity contribution in [2.75, 3.05) is 7.11 Å². The summed E-state index contributed by atoms with van der Waals surface area (Å²) in [5.41, 5.74) is 1.22. The highest BCUT2D eigenvalue weighted by molar-refractivity contribution is 5.98. The van der Waals surface area contributed by atoms with E-state index in [1.165, 1.54) is 7.11 Å². The van der Waals surface area contributed by atoms with Crippen LogP contribution in [0, 0.1) is 6.92 Å². The summed E-state index contributed by atoms with van der Waals surface area (Å²) in [6, 6.07) is 3.05. The second-order valence-electron chi connectivity index (χ2n) is 4.78. The third-order valence-corrected chi connectivity index (χ3v) is 3.37. The smallest absolute Gasteiger partial charge is 0.328 e. The molecule has 1 aliphatic rings. The number of aryl methyl sites for hydroxylation is 1. The standard InChI is InChI=1S/C14H18N2O3/c1-9-12(5-4-8-15-9)13(17)16(11-6-7-11)10(2)14(18)19-3/h4-5,8,10-11H,6-7H2,1-3H3/t10-/m1/s1. The fraction of sp³-hybridized carbons (Fsp3) is 0.500. The Morgan fingerprint density at radius 3 is 2.68 bits per heavy atom. The van der Waals surface area contributed by atoms with Crippen molar-refractivity contribution in [2.45, 2.75) is 38.8 Å². The molecule has 0 spiro atoms. The second kappa shape index (κ2) is 5.38. The van der Waals surface area contributed by atoms with Crippen LogP contribution in [-0.2, 0) is 9.53 Å². The molecule has 0 unspecified atom stereocenters. The van der Waals surface area contributed by atoms with Crippen molar-refractivity contribution in [2.24, 2.45) is 0 Å². The topological polar surface area (TPSA) is 59.5 Å². The highest BCUT2D eigenvalue weighted by Crippen LogP contribution is 2.30. The number of methoxy groups -OCH3 is 1. The van der Waals surface area contributed by atoms with E-state index in [9.17, 15) is 9.59 Å². The molecule has 1 aromatic heterocycles. The van der Waals surface area contributed by atoms with Crippen LogP contribution >= 0.6 is 0 Å². The van der Waals surface area contributed by atoms with Gasteiger partial charge in [0.25, 0.3) is 5.91 Å². The van der Waals surface area contributed by atoms with Crippen LogP contribution in [0.15, 0.2) is 18.3 Å². The summed E-state index contributed by atoms with van der Waals surface area (Å²) >= 11 is 0. The quantitative estimate of drug-likeness (QED) is 0.773. The van der Waals surface area contributed by atoms with Gasteiger partial charge >= 0.3 is 5.97 Å². The van der Waals surface area contributed by atoms with E-state index in [4.69, 9.17) is 4.74 Å². The number of hydrogen-bond acceptors (Lipinski definition) is 4. The summed E-state index contributed by atoms with van der Waals surface area (Å²) in [5, 5.41) is 0. The summed E-state index contributed by atoms with van der Waals surface area (Å²) in [4.78, 5) is 30.0. The van der Waals surface area contributed by atoms with Gasteiger partial charge in [-0.25, -0.2) is 4.79 Å². The molecule has 0 aromatic carbocycles. The Labute approximate surface area is 112 Å². The van der Waals surface area contributed by atoms with Crippen molar-refractivity contribution in [3.8, 4) is 0 Å². The number of rotatable bonds is 4. The summed E-state index contributed by atoms with van der Waals surface area (Å²) < 4.78 is 4.74. The Morgan fingerprint density at radius 2 is 2.16 bits per heavy atom. The van der Waals surface area contributed by atoms with Crippen LogP contribution in [-0.4, -0.2) is 41.0 Å². The lowest BCUT2D eigenvalue weighted by molar-refractivity contribution is -0.145. The van der Waals surface area contributed by atoms with Crippen molar-refractivity contribution in [3.05, 3.63) is 29.6 Å². The number of carbonyl (C=O) groups excluding carboxylic acids is 2. The van der Waals surface area contributed by atoms with Gasteiger partial charge in [0, 0.05) is 17.9 Å². The molecule has 102 valence electrons. The van der Waals surface area contributed by atoms with Crippen molar-refractivity contribution >= 4 is 11.9 Å². The predicted octanol–water partition coefficient (Wildman–Crippen LogP) is 1.56. The SMILES string of the molecule is COC(=O)[C@@H](C)N(C(=O)c1cccnc1C)C1CC1. The van der Waals surface area contributed by atoms with E-state index in [0.29, 0.717) is 11.3 Å². The maximum Gasteiger partial charge on any atom is 0.328 e. The lowest BCUT2D eigenvalue weighted by Crippen LogP contribution is -2.45. The number of nitrogens with zero attached hydrogens (tertiary/aromatic N) is 2. The zero-order chi connectivity index (χ0) is 14.0. The summed E-state index contributed by atoms with van der Waals surface area (Å²) in [5.74, 6) is -0.534. The first-order valence-corrected chi connectivity index (χ1v) is 6.38. The number of amides is 1. The molecule has 2 rings (SSSR count). The Kier molecular flexibility index (Phi) is 3.83. The van der Waals surface area contributed by atoms with Gasteiger partial charge < -0.3 is 9.64 Å². The van der Waals surface area contributed by atoms with Gasteiger partial charge in [-0.3, -0.25) is 9.78 Å². The van der Waals surface area contributed by atoms with E-state index >= 15 is 0 Å². The number of hydrogen-bond donors (Lipinski definition) is 0. The molecule has 1 fully saturated rings. The first-order chi connectivity index (χ1) is 9.06. The van der Waals surface area contributed by atoms with E-state index in [-0.39, 0.29) is 17.9 Å². The minimum Gasteiger partial charge on any atom is -0.467 e. The van der Waals surface area contributed by atoms with Gasteiger partial charge in [0.15, 0.2) is 0 Å². The minimum absolute atomic E-state index is 0.140. The zero-order valence-corrected chi connectivity index (χ0v) is 11.4. The molecule has 1 atom stereocenters. The molecule has 1 heterocycles. The Morgan fingerprint density at radius 1 is 1.47 bits per heavy atom. The normalized spacial score (nSPS) is 15.7. The number of ether oxygens (including phenoxy) is 1. The minimum atomic E-state index is -0.565. The van der Waals surface area contributed by atoms with Gasteiger partial charge in [-0.2, -0.15) is 0 Å². The van der Waals surface area contributed by atoms with E-state index < -0.39 is 6.04 Å². The van der Waals surface area contributed by atoms with Gasteiger partial charge in [-0.15, -0.1) is 0 Å². The van der Waals surface area contributed by atoms with E-state index in [2.05, 4.69) is 4.98 Å². The molecule has 1 aliphatic carbocycles. The van der Waals surface area contributed by atoms with Crippen molar-refractivity contribution in [1.29, 1.82) is 0 Å². The fourth-order valence-electron chi connectivity index (χ4n) is 2.14. The average molecular weight is 262 g/mol.